The van der Waals surface area contributed by atoms with Gasteiger partial charge in [0.2, 0.25) is 0 Å². The van der Waals surface area contributed by atoms with E-state index in [0.717, 1.165) is 24.1 Å². The van der Waals surface area contributed by atoms with Crippen molar-refractivity contribution in [3.05, 3.63) is 23.8 Å². The molecule has 108 valence electrons. The molecule has 3 heterocycles. The highest BCUT2D eigenvalue weighted by molar-refractivity contribution is 5.43. The lowest BCUT2D eigenvalue weighted by Crippen LogP contribution is -2.34. The summed E-state index contributed by atoms with van der Waals surface area (Å²) >= 11 is 0. The summed E-state index contributed by atoms with van der Waals surface area (Å²) in [6.07, 6.45) is 3.98. The Balaban J connectivity index is 1.45. The molecule has 2 fully saturated rings. The molecule has 0 aliphatic carbocycles. The summed E-state index contributed by atoms with van der Waals surface area (Å²) in [5.74, 6) is 1.79. The van der Waals surface area contributed by atoms with Crippen LogP contribution in [0.4, 0.5) is 0 Å². The normalized spacial score (nSPS) is 29.2. The zero-order valence-electron chi connectivity index (χ0n) is 11.8. The van der Waals surface area contributed by atoms with Crippen LogP contribution in [0.2, 0.25) is 0 Å². The standard InChI is InChI=1S/C16H22N2O2/c1-4-15-16(20-8-7-19-15)9-12(1)10-18-6-5-13-2-3-14(11-18)17-13/h1,4,9,13-14,17H,2-3,5-8,10-11H2/t13-,14+/m1/s1. The Morgan fingerprint density at radius 1 is 1.05 bits per heavy atom. The molecule has 0 saturated carbocycles. The number of hydrogen-bond donors (Lipinski definition) is 1. The summed E-state index contributed by atoms with van der Waals surface area (Å²) < 4.78 is 11.3. The number of ether oxygens (including phenoxy) is 2. The Bertz CT molecular complexity index is 491. The van der Waals surface area contributed by atoms with E-state index in [-0.39, 0.29) is 0 Å². The molecule has 2 atom stereocenters. The lowest BCUT2D eigenvalue weighted by molar-refractivity contribution is 0.171. The monoisotopic (exact) mass is 274 g/mol. The minimum Gasteiger partial charge on any atom is -0.486 e. The minimum atomic E-state index is 0.660. The first-order valence-corrected chi connectivity index (χ1v) is 7.74. The second-order valence-electron chi connectivity index (χ2n) is 6.14. The van der Waals surface area contributed by atoms with Crippen molar-refractivity contribution in [2.45, 2.75) is 37.9 Å². The van der Waals surface area contributed by atoms with E-state index in [9.17, 15) is 0 Å². The van der Waals surface area contributed by atoms with Gasteiger partial charge in [-0.3, -0.25) is 4.90 Å². The molecule has 1 N–H and O–H groups in total. The first-order valence-electron chi connectivity index (χ1n) is 7.74. The van der Waals surface area contributed by atoms with Gasteiger partial charge in [0.1, 0.15) is 13.2 Å². The smallest absolute Gasteiger partial charge is 0.161 e. The van der Waals surface area contributed by atoms with Crippen LogP contribution in [0.5, 0.6) is 11.5 Å². The highest BCUT2D eigenvalue weighted by Crippen LogP contribution is 2.31. The number of hydrogen-bond acceptors (Lipinski definition) is 4. The predicted octanol–water partition coefficient (Wildman–Crippen LogP) is 1.78. The van der Waals surface area contributed by atoms with Crippen LogP contribution in [0.25, 0.3) is 0 Å². The number of nitrogens with zero attached hydrogens (tertiary/aromatic N) is 1. The van der Waals surface area contributed by atoms with Gasteiger partial charge < -0.3 is 14.8 Å². The van der Waals surface area contributed by atoms with Crippen molar-refractivity contribution in [1.29, 1.82) is 0 Å². The Kier molecular flexibility index (Phi) is 3.28. The van der Waals surface area contributed by atoms with Crippen LogP contribution < -0.4 is 14.8 Å². The molecule has 0 spiro atoms. The van der Waals surface area contributed by atoms with Crippen LogP contribution in [-0.4, -0.2) is 43.3 Å². The lowest BCUT2D eigenvalue weighted by Gasteiger charge is -2.25. The summed E-state index contributed by atoms with van der Waals surface area (Å²) in [5, 5.41) is 3.73. The van der Waals surface area contributed by atoms with Crippen LogP contribution in [0.1, 0.15) is 24.8 Å². The second kappa shape index (κ2) is 5.26. The SMILES string of the molecule is c1cc2c(cc1CN1CC[C@H]3CC[C@@H](C1)N3)OCCO2. The Morgan fingerprint density at radius 3 is 2.85 bits per heavy atom. The summed E-state index contributed by atoms with van der Waals surface area (Å²) in [7, 11) is 0. The molecule has 1 aromatic rings. The van der Waals surface area contributed by atoms with Crippen molar-refractivity contribution in [3.8, 4) is 11.5 Å². The van der Waals surface area contributed by atoms with E-state index in [1.165, 1.54) is 37.9 Å². The fourth-order valence-corrected chi connectivity index (χ4v) is 3.60. The maximum atomic E-state index is 5.67. The van der Waals surface area contributed by atoms with Crippen LogP contribution in [0.3, 0.4) is 0 Å². The largest absolute Gasteiger partial charge is 0.486 e. The number of nitrogens with one attached hydrogen (secondary N) is 1. The van der Waals surface area contributed by atoms with Gasteiger partial charge in [-0.25, -0.2) is 0 Å². The molecule has 0 radical (unpaired) electrons. The van der Waals surface area contributed by atoms with Crippen LogP contribution in [0.15, 0.2) is 18.2 Å². The second-order valence-corrected chi connectivity index (χ2v) is 6.14. The Hall–Kier alpha value is -1.26. The van der Waals surface area contributed by atoms with Crippen LogP contribution in [-0.2, 0) is 6.54 Å². The average Bonchev–Trinajstić information content (AvgIpc) is 2.81. The van der Waals surface area contributed by atoms with E-state index in [2.05, 4.69) is 22.3 Å². The molecule has 2 saturated heterocycles. The van der Waals surface area contributed by atoms with Gasteiger partial charge in [0, 0.05) is 31.7 Å². The third-order valence-electron chi connectivity index (χ3n) is 4.62. The first kappa shape index (κ1) is 12.5. The maximum Gasteiger partial charge on any atom is 0.161 e. The molecule has 3 aliphatic heterocycles. The minimum absolute atomic E-state index is 0.660. The summed E-state index contributed by atoms with van der Waals surface area (Å²) in [6, 6.07) is 7.81. The molecule has 4 rings (SSSR count). The van der Waals surface area contributed by atoms with Gasteiger partial charge in [-0.1, -0.05) is 6.07 Å². The third kappa shape index (κ3) is 2.50. The number of fused-ring (bicyclic) bond motifs is 3. The Morgan fingerprint density at radius 2 is 1.90 bits per heavy atom. The summed E-state index contributed by atoms with van der Waals surface area (Å²) in [4.78, 5) is 2.57. The van der Waals surface area contributed by atoms with Crippen molar-refractivity contribution in [2.75, 3.05) is 26.3 Å². The highest BCUT2D eigenvalue weighted by atomic mass is 16.6. The molecule has 2 bridgehead atoms. The number of likely N-dealkylation sites (tertiary alicyclic amines) is 1. The van der Waals surface area contributed by atoms with Gasteiger partial charge in [-0.2, -0.15) is 0 Å². The molecule has 4 nitrogen and oxygen atoms in total. The van der Waals surface area contributed by atoms with Crippen LogP contribution in [0, 0.1) is 0 Å². The molecule has 3 aliphatic rings. The van der Waals surface area contributed by atoms with Gasteiger partial charge in [-0.15, -0.1) is 0 Å². The zero-order chi connectivity index (χ0) is 13.4. The summed E-state index contributed by atoms with van der Waals surface area (Å²) in [6.45, 7) is 4.70. The average molecular weight is 274 g/mol. The molecular weight excluding hydrogens is 252 g/mol. The van der Waals surface area contributed by atoms with Crippen molar-refractivity contribution in [3.63, 3.8) is 0 Å². The number of rotatable bonds is 2. The molecule has 1 aromatic carbocycles. The topological polar surface area (TPSA) is 33.7 Å². The van der Waals surface area contributed by atoms with Gasteiger partial charge in [0.05, 0.1) is 0 Å². The van der Waals surface area contributed by atoms with Gasteiger partial charge in [0.25, 0.3) is 0 Å². The summed E-state index contributed by atoms with van der Waals surface area (Å²) in [5.41, 5.74) is 1.33. The van der Waals surface area contributed by atoms with E-state index in [4.69, 9.17) is 9.47 Å². The van der Waals surface area contributed by atoms with E-state index in [1.54, 1.807) is 0 Å². The van der Waals surface area contributed by atoms with Crippen molar-refractivity contribution in [1.82, 2.24) is 10.2 Å². The third-order valence-corrected chi connectivity index (χ3v) is 4.62. The lowest BCUT2D eigenvalue weighted by atomic mass is 10.1. The van der Waals surface area contributed by atoms with Crippen molar-refractivity contribution >= 4 is 0 Å². The first-order chi connectivity index (χ1) is 9.87. The van der Waals surface area contributed by atoms with Gasteiger partial charge in [-0.05, 0) is 37.0 Å². The fourth-order valence-electron chi connectivity index (χ4n) is 3.60. The molecule has 0 aromatic heterocycles. The Labute approximate surface area is 120 Å². The predicted molar refractivity (Wildman–Crippen MR) is 77.3 cm³/mol. The molecule has 4 heteroatoms. The van der Waals surface area contributed by atoms with E-state index in [0.29, 0.717) is 19.3 Å². The quantitative estimate of drug-likeness (QED) is 0.891. The fraction of sp³-hybridized carbons (Fsp3) is 0.625. The van der Waals surface area contributed by atoms with Crippen molar-refractivity contribution < 1.29 is 9.47 Å². The molecule has 0 amide bonds. The molecule has 0 unspecified atom stereocenters. The highest BCUT2D eigenvalue weighted by Gasteiger charge is 2.29. The van der Waals surface area contributed by atoms with E-state index >= 15 is 0 Å². The molecule has 20 heavy (non-hydrogen) atoms. The van der Waals surface area contributed by atoms with Crippen LogP contribution >= 0.6 is 0 Å². The zero-order valence-corrected chi connectivity index (χ0v) is 11.8. The number of benzene rings is 1. The van der Waals surface area contributed by atoms with Crippen molar-refractivity contribution in [2.24, 2.45) is 0 Å². The molecular formula is C16H22N2O2. The van der Waals surface area contributed by atoms with E-state index < -0.39 is 0 Å². The van der Waals surface area contributed by atoms with E-state index in [1.807, 2.05) is 6.07 Å². The maximum absolute atomic E-state index is 5.67. The van der Waals surface area contributed by atoms with Gasteiger partial charge >= 0.3 is 0 Å². The van der Waals surface area contributed by atoms with Gasteiger partial charge in [0.15, 0.2) is 11.5 Å².